The molecule has 0 aromatic rings. The molecule has 1 aliphatic heterocycles. The van der Waals surface area contributed by atoms with Gasteiger partial charge in [-0.1, -0.05) is 0 Å². The molecular formula is C10H13NO5. The molecule has 0 aliphatic carbocycles. The zero-order valence-corrected chi connectivity index (χ0v) is 8.63. The number of carboxylic acids is 2. The minimum atomic E-state index is -1.17. The van der Waals surface area contributed by atoms with Crippen LogP contribution in [0.1, 0.15) is 12.8 Å². The van der Waals surface area contributed by atoms with Crippen molar-refractivity contribution in [1.29, 1.82) is 0 Å². The van der Waals surface area contributed by atoms with E-state index in [0.29, 0.717) is 25.9 Å². The third-order valence-corrected chi connectivity index (χ3v) is 2.52. The number of carboxylic acid groups (broad SMARTS) is 2. The van der Waals surface area contributed by atoms with Gasteiger partial charge < -0.3 is 15.1 Å². The smallest absolute Gasteiger partial charge is 0.328 e. The summed E-state index contributed by atoms with van der Waals surface area (Å²) >= 11 is 0. The Balaban J connectivity index is 2.44. The molecular weight excluding hydrogens is 214 g/mol. The summed E-state index contributed by atoms with van der Waals surface area (Å²) in [7, 11) is 0. The first-order valence-corrected chi connectivity index (χ1v) is 4.93. The molecule has 0 radical (unpaired) electrons. The quantitative estimate of drug-likeness (QED) is 0.659. The second-order valence-corrected chi connectivity index (χ2v) is 3.61. The Labute approximate surface area is 92.2 Å². The molecule has 1 rings (SSSR count). The van der Waals surface area contributed by atoms with Crippen molar-refractivity contribution in [3.8, 4) is 0 Å². The van der Waals surface area contributed by atoms with Gasteiger partial charge >= 0.3 is 11.9 Å². The molecule has 0 bridgehead atoms. The van der Waals surface area contributed by atoms with Gasteiger partial charge in [-0.2, -0.15) is 0 Å². The highest BCUT2D eigenvalue weighted by Gasteiger charge is 2.25. The summed E-state index contributed by atoms with van der Waals surface area (Å²) in [6.45, 7) is 0.722. The van der Waals surface area contributed by atoms with Crippen LogP contribution >= 0.6 is 0 Å². The maximum Gasteiger partial charge on any atom is 0.328 e. The standard InChI is InChI=1S/C10H13NO5/c12-8(1-2-9(13)14)11-5-3-7(4-6-11)10(15)16/h1-2,7H,3-6H2,(H,13,14)(H,15,16)/b2-1+. The van der Waals surface area contributed by atoms with E-state index in [-0.39, 0.29) is 5.91 Å². The van der Waals surface area contributed by atoms with Crippen molar-refractivity contribution in [2.24, 2.45) is 5.92 Å². The third kappa shape index (κ3) is 3.38. The second-order valence-electron chi connectivity index (χ2n) is 3.61. The van der Waals surface area contributed by atoms with Crippen molar-refractivity contribution in [2.45, 2.75) is 12.8 Å². The number of nitrogens with zero attached hydrogens (tertiary/aromatic N) is 1. The molecule has 88 valence electrons. The lowest BCUT2D eigenvalue weighted by atomic mass is 9.97. The minimum Gasteiger partial charge on any atom is -0.481 e. The fourth-order valence-corrected chi connectivity index (χ4v) is 1.59. The topological polar surface area (TPSA) is 94.9 Å². The van der Waals surface area contributed by atoms with Gasteiger partial charge in [-0.15, -0.1) is 0 Å². The van der Waals surface area contributed by atoms with Crippen LogP contribution in [0.25, 0.3) is 0 Å². The second kappa shape index (κ2) is 5.29. The van der Waals surface area contributed by atoms with Gasteiger partial charge in [0.15, 0.2) is 0 Å². The number of rotatable bonds is 3. The van der Waals surface area contributed by atoms with E-state index in [1.54, 1.807) is 0 Å². The van der Waals surface area contributed by atoms with Crippen LogP contribution < -0.4 is 0 Å². The first-order valence-electron chi connectivity index (χ1n) is 4.93. The van der Waals surface area contributed by atoms with Crippen LogP contribution in [0.4, 0.5) is 0 Å². The van der Waals surface area contributed by atoms with Gasteiger partial charge in [0, 0.05) is 25.2 Å². The lowest BCUT2D eigenvalue weighted by Gasteiger charge is -2.29. The normalized spacial score (nSPS) is 17.6. The number of hydrogen-bond donors (Lipinski definition) is 2. The van der Waals surface area contributed by atoms with Gasteiger partial charge in [-0.3, -0.25) is 9.59 Å². The summed E-state index contributed by atoms with van der Waals surface area (Å²) in [5, 5.41) is 17.1. The number of hydrogen-bond acceptors (Lipinski definition) is 3. The molecule has 0 spiro atoms. The molecule has 6 nitrogen and oxygen atoms in total. The van der Waals surface area contributed by atoms with Gasteiger partial charge in [-0.25, -0.2) is 4.79 Å². The minimum absolute atomic E-state index is 0.361. The molecule has 2 N–H and O–H groups in total. The van der Waals surface area contributed by atoms with E-state index in [9.17, 15) is 14.4 Å². The summed E-state index contributed by atoms with van der Waals surface area (Å²) in [4.78, 5) is 33.7. The maximum absolute atomic E-state index is 11.4. The highest BCUT2D eigenvalue weighted by atomic mass is 16.4. The van der Waals surface area contributed by atoms with E-state index in [0.717, 1.165) is 12.2 Å². The lowest BCUT2D eigenvalue weighted by Crippen LogP contribution is -2.39. The predicted octanol–water partition coefficient (Wildman–Crippen LogP) is -0.0496. The summed E-state index contributed by atoms with van der Waals surface area (Å²) < 4.78 is 0. The molecule has 1 aliphatic rings. The zero-order valence-electron chi connectivity index (χ0n) is 8.63. The van der Waals surface area contributed by atoms with E-state index in [1.165, 1.54) is 4.90 Å². The van der Waals surface area contributed by atoms with Crippen LogP contribution in [0.3, 0.4) is 0 Å². The predicted molar refractivity (Wildman–Crippen MR) is 53.7 cm³/mol. The van der Waals surface area contributed by atoms with E-state index >= 15 is 0 Å². The first kappa shape index (κ1) is 12.2. The van der Waals surface area contributed by atoms with Gasteiger partial charge in [0.2, 0.25) is 5.91 Å². The van der Waals surface area contributed by atoms with Crippen LogP contribution in [0.2, 0.25) is 0 Å². The average molecular weight is 227 g/mol. The number of aliphatic carboxylic acids is 2. The molecule has 0 saturated carbocycles. The molecule has 1 saturated heterocycles. The summed E-state index contributed by atoms with van der Waals surface area (Å²) in [5.74, 6) is -2.79. The number of carbonyl (C=O) groups excluding carboxylic acids is 1. The number of carbonyl (C=O) groups is 3. The molecule has 1 amide bonds. The lowest BCUT2D eigenvalue weighted by molar-refractivity contribution is -0.144. The Hall–Kier alpha value is -1.85. The number of likely N-dealkylation sites (tertiary alicyclic amines) is 1. The fourth-order valence-electron chi connectivity index (χ4n) is 1.59. The molecule has 1 heterocycles. The van der Waals surface area contributed by atoms with Gasteiger partial charge in [0.05, 0.1) is 5.92 Å². The van der Waals surface area contributed by atoms with Gasteiger partial charge in [-0.05, 0) is 12.8 Å². The van der Waals surface area contributed by atoms with E-state index in [4.69, 9.17) is 10.2 Å². The van der Waals surface area contributed by atoms with Gasteiger partial charge in [0.1, 0.15) is 0 Å². The van der Waals surface area contributed by atoms with Crippen LogP contribution in [0.15, 0.2) is 12.2 Å². The zero-order chi connectivity index (χ0) is 12.1. The molecule has 0 aromatic carbocycles. The van der Waals surface area contributed by atoms with Crippen molar-refractivity contribution in [3.63, 3.8) is 0 Å². The molecule has 1 fully saturated rings. The summed E-state index contributed by atoms with van der Waals surface area (Å²) in [6.07, 6.45) is 2.61. The largest absolute Gasteiger partial charge is 0.481 e. The Morgan fingerprint density at radius 3 is 2.06 bits per heavy atom. The third-order valence-electron chi connectivity index (χ3n) is 2.52. The molecule has 0 aromatic heterocycles. The van der Waals surface area contributed by atoms with Crippen molar-refractivity contribution in [3.05, 3.63) is 12.2 Å². The Morgan fingerprint density at radius 1 is 1.06 bits per heavy atom. The monoisotopic (exact) mass is 227 g/mol. The van der Waals surface area contributed by atoms with E-state index < -0.39 is 17.9 Å². The number of piperidine rings is 1. The Morgan fingerprint density at radius 2 is 1.62 bits per heavy atom. The summed E-state index contributed by atoms with van der Waals surface area (Å²) in [5.41, 5.74) is 0. The van der Waals surface area contributed by atoms with E-state index in [1.807, 2.05) is 0 Å². The van der Waals surface area contributed by atoms with E-state index in [2.05, 4.69) is 0 Å². The average Bonchev–Trinajstić information content (AvgIpc) is 2.26. The van der Waals surface area contributed by atoms with Crippen molar-refractivity contribution in [2.75, 3.05) is 13.1 Å². The van der Waals surface area contributed by atoms with Crippen LogP contribution in [-0.2, 0) is 14.4 Å². The Bertz CT molecular complexity index is 328. The summed E-state index contributed by atoms with van der Waals surface area (Å²) in [6, 6.07) is 0. The van der Waals surface area contributed by atoms with Crippen molar-refractivity contribution in [1.82, 2.24) is 4.90 Å². The maximum atomic E-state index is 11.4. The molecule has 0 unspecified atom stereocenters. The number of amides is 1. The van der Waals surface area contributed by atoms with Crippen LogP contribution in [0.5, 0.6) is 0 Å². The van der Waals surface area contributed by atoms with Crippen molar-refractivity contribution >= 4 is 17.8 Å². The molecule has 6 heteroatoms. The SMILES string of the molecule is O=C(O)/C=C/C(=O)N1CCC(C(=O)O)CC1. The molecule has 0 atom stereocenters. The Kier molecular flexibility index (Phi) is 4.04. The highest BCUT2D eigenvalue weighted by molar-refractivity contribution is 5.94. The van der Waals surface area contributed by atoms with Crippen LogP contribution in [-0.4, -0.2) is 46.0 Å². The van der Waals surface area contributed by atoms with Crippen molar-refractivity contribution < 1.29 is 24.6 Å². The first-order chi connectivity index (χ1) is 7.50. The van der Waals surface area contributed by atoms with Gasteiger partial charge in [0.25, 0.3) is 0 Å². The fraction of sp³-hybridized carbons (Fsp3) is 0.500. The highest BCUT2D eigenvalue weighted by Crippen LogP contribution is 2.17. The molecule has 16 heavy (non-hydrogen) atoms. The van der Waals surface area contributed by atoms with Crippen LogP contribution in [0, 0.1) is 5.92 Å².